The van der Waals surface area contributed by atoms with Gasteiger partial charge in [-0.2, -0.15) is 0 Å². The average Bonchev–Trinajstić information content (AvgIpc) is 2.92. The van der Waals surface area contributed by atoms with Crippen molar-refractivity contribution in [2.24, 2.45) is 0 Å². The molecule has 0 amide bonds. The molecule has 21 heavy (non-hydrogen) atoms. The first-order valence-corrected chi connectivity index (χ1v) is 7.28. The summed E-state index contributed by atoms with van der Waals surface area (Å²) in [5, 5.41) is 0.987. The molecule has 0 aliphatic carbocycles. The van der Waals surface area contributed by atoms with Gasteiger partial charge in [0.25, 0.3) is 0 Å². The van der Waals surface area contributed by atoms with E-state index in [4.69, 9.17) is 4.42 Å². The third-order valence-corrected chi connectivity index (χ3v) is 3.84. The Bertz CT molecular complexity index is 769. The van der Waals surface area contributed by atoms with Crippen molar-refractivity contribution in [2.75, 3.05) is 0 Å². The SMILES string of the molecule is CCC(C(=O)c1cc2cc(C)ccc2o1)c1ccccc1. The molecular weight excluding hydrogens is 260 g/mol. The van der Waals surface area contributed by atoms with Gasteiger partial charge in [0.1, 0.15) is 5.58 Å². The zero-order chi connectivity index (χ0) is 14.8. The number of carbonyl (C=O) groups excluding carboxylic acids is 1. The van der Waals surface area contributed by atoms with Gasteiger partial charge in [0.2, 0.25) is 5.78 Å². The van der Waals surface area contributed by atoms with Crippen molar-refractivity contribution >= 4 is 16.8 Å². The monoisotopic (exact) mass is 278 g/mol. The van der Waals surface area contributed by atoms with Crippen molar-refractivity contribution in [1.82, 2.24) is 0 Å². The second-order valence-electron chi connectivity index (χ2n) is 5.39. The predicted molar refractivity (Wildman–Crippen MR) is 84.8 cm³/mol. The lowest BCUT2D eigenvalue weighted by Gasteiger charge is -2.12. The molecule has 2 heteroatoms. The van der Waals surface area contributed by atoms with Crippen LogP contribution in [0, 0.1) is 6.92 Å². The Morgan fingerprint density at radius 1 is 1.10 bits per heavy atom. The minimum Gasteiger partial charge on any atom is -0.453 e. The lowest BCUT2D eigenvalue weighted by molar-refractivity contribution is 0.0932. The summed E-state index contributed by atoms with van der Waals surface area (Å²) in [6, 6.07) is 17.7. The lowest BCUT2D eigenvalue weighted by Crippen LogP contribution is -2.11. The third kappa shape index (κ3) is 2.62. The van der Waals surface area contributed by atoms with Crippen LogP contribution in [0.3, 0.4) is 0 Å². The van der Waals surface area contributed by atoms with Crippen LogP contribution in [-0.2, 0) is 0 Å². The van der Waals surface area contributed by atoms with Gasteiger partial charge in [-0.25, -0.2) is 0 Å². The molecule has 0 aliphatic rings. The largest absolute Gasteiger partial charge is 0.453 e. The molecule has 2 nitrogen and oxygen atoms in total. The van der Waals surface area contributed by atoms with Crippen molar-refractivity contribution in [3.05, 3.63) is 71.5 Å². The molecule has 0 radical (unpaired) electrons. The summed E-state index contributed by atoms with van der Waals surface area (Å²) >= 11 is 0. The van der Waals surface area contributed by atoms with Crippen molar-refractivity contribution in [2.45, 2.75) is 26.2 Å². The maximum absolute atomic E-state index is 12.7. The average molecular weight is 278 g/mol. The Morgan fingerprint density at radius 2 is 1.86 bits per heavy atom. The number of rotatable bonds is 4. The molecule has 1 aromatic heterocycles. The highest BCUT2D eigenvalue weighted by Gasteiger charge is 2.23. The maximum Gasteiger partial charge on any atom is 0.205 e. The molecule has 0 N–H and O–H groups in total. The zero-order valence-electron chi connectivity index (χ0n) is 12.3. The van der Waals surface area contributed by atoms with Gasteiger partial charge in [0, 0.05) is 5.39 Å². The van der Waals surface area contributed by atoms with E-state index in [0.29, 0.717) is 5.76 Å². The van der Waals surface area contributed by atoms with Gasteiger partial charge in [-0.05, 0) is 37.1 Å². The van der Waals surface area contributed by atoms with Crippen molar-refractivity contribution < 1.29 is 9.21 Å². The molecule has 0 spiro atoms. The van der Waals surface area contributed by atoms with E-state index >= 15 is 0 Å². The second-order valence-corrected chi connectivity index (χ2v) is 5.39. The smallest absolute Gasteiger partial charge is 0.205 e. The Labute approximate surface area is 124 Å². The molecule has 2 aromatic carbocycles. The lowest BCUT2D eigenvalue weighted by atomic mass is 9.91. The Hall–Kier alpha value is -2.35. The van der Waals surface area contributed by atoms with Crippen LogP contribution < -0.4 is 0 Å². The Balaban J connectivity index is 1.98. The normalized spacial score (nSPS) is 12.5. The molecule has 106 valence electrons. The summed E-state index contributed by atoms with van der Waals surface area (Å²) < 4.78 is 5.74. The minimum atomic E-state index is -0.146. The molecule has 1 heterocycles. The van der Waals surface area contributed by atoms with Crippen LogP contribution in [0.25, 0.3) is 11.0 Å². The van der Waals surface area contributed by atoms with E-state index in [1.54, 1.807) is 0 Å². The van der Waals surface area contributed by atoms with Gasteiger partial charge in [-0.1, -0.05) is 48.9 Å². The molecule has 1 unspecified atom stereocenters. The van der Waals surface area contributed by atoms with Crippen LogP contribution in [0.15, 0.2) is 59.0 Å². The number of hydrogen-bond donors (Lipinski definition) is 0. The molecule has 3 rings (SSSR count). The number of carbonyl (C=O) groups is 1. The van der Waals surface area contributed by atoms with E-state index in [9.17, 15) is 4.79 Å². The molecule has 0 bridgehead atoms. The second kappa shape index (κ2) is 5.57. The van der Waals surface area contributed by atoms with E-state index in [-0.39, 0.29) is 11.7 Å². The van der Waals surface area contributed by atoms with Crippen molar-refractivity contribution in [1.29, 1.82) is 0 Å². The van der Waals surface area contributed by atoms with Crippen LogP contribution in [0.4, 0.5) is 0 Å². The third-order valence-electron chi connectivity index (χ3n) is 3.84. The minimum absolute atomic E-state index is 0.0533. The van der Waals surface area contributed by atoms with Crippen LogP contribution in [0.5, 0.6) is 0 Å². The summed E-state index contributed by atoms with van der Waals surface area (Å²) in [7, 11) is 0. The standard InChI is InChI=1S/C19H18O2/c1-3-16(14-7-5-4-6-8-14)19(20)18-12-15-11-13(2)9-10-17(15)21-18/h4-12,16H,3H2,1-2H3. The van der Waals surface area contributed by atoms with E-state index in [0.717, 1.165) is 28.5 Å². The van der Waals surface area contributed by atoms with Crippen LogP contribution in [-0.4, -0.2) is 5.78 Å². The molecule has 0 aliphatic heterocycles. The summed E-state index contributed by atoms with van der Waals surface area (Å²) in [6.45, 7) is 4.06. The van der Waals surface area contributed by atoms with E-state index in [1.165, 1.54) is 0 Å². The van der Waals surface area contributed by atoms with Gasteiger partial charge in [-0.3, -0.25) is 4.79 Å². The molecule has 0 saturated carbocycles. The van der Waals surface area contributed by atoms with Crippen molar-refractivity contribution in [3.8, 4) is 0 Å². The highest BCUT2D eigenvalue weighted by atomic mass is 16.3. The van der Waals surface area contributed by atoms with Crippen LogP contribution >= 0.6 is 0 Å². The molecule has 0 saturated heterocycles. The number of aryl methyl sites for hydroxylation is 1. The zero-order valence-corrected chi connectivity index (χ0v) is 12.3. The van der Waals surface area contributed by atoms with E-state index < -0.39 is 0 Å². The number of benzene rings is 2. The van der Waals surface area contributed by atoms with Gasteiger partial charge in [0.15, 0.2) is 5.76 Å². The van der Waals surface area contributed by atoms with Gasteiger partial charge >= 0.3 is 0 Å². The fourth-order valence-electron chi connectivity index (χ4n) is 2.71. The summed E-state index contributed by atoms with van der Waals surface area (Å²) in [5.41, 5.74) is 2.98. The fraction of sp³-hybridized carbons (Fsp3) is 0.211. The van der Waals surface area contributed by atoms with Crippen LogP contribution in [0.1, 0.15) is 40.9 Å². The Morgan fingerprint density at radius 3 is 2.57 bits per heavy atom. The van der Waals surface area contributed by atoms with E-state index in [1.807, 2.05) is 68.4 Å². The van der Waals surface area contributed by atoms with Gasteiger partial charge in [-0.15, -0.1) is 0 Å². The predicted octanol–water partition coefficient (Wildman–Crippen LogP) is 5.12. The maximum atomic E-state index is 12.7. The number of fused-ring (bicyclic) bond motifs is 1. The molecule has 1 atom stereocenters. The molecular formula is C19H18O2. The molecule has 0 fully saturated rings. The summed E-state index contributed by atoms with van der Waals surface area (Å²) in [6.07, 6.45) is 0.763. The first-order valence-electron chi connectivity index (χ1n) is 7.28. The van der Waals surface area contributed by atoms with Gasteiger partial charge in [0.05, 0.1) is 5.92 Å². The first kappa shape index (κ1) is 13.6. The summed E-state index contributed by atoms with van der Waals surface area (Å²) in [5.74, 6) is 0.358. The highest BCUT2D eigenvalue weighted by Crippen LogP contribution is 2.28. The number of hydrogen-bond acceptors (Lipinski definition) is 2. The Kier molecular flexibility index (Phi) is 3.61. The first-order chi connectivity index (χ1) is 10.2. The van der Waals surface area contributed by atoms with Crippen LogP contribution in [0.2, 0.25) is 0 Å². The van der Waals surface area contributed by atoms with Gasteiger partial charge < -0.3 is 4.42 Å². The number of Topliss-reactive ketones (excluding diaryl/α,β-unsaturated/α-hetero) is 1. The van der Waals surface area contributed by atoms with Crippen molar-refractivity contribution in [3.63, 3.8) is 0 Å². The highest BCUT2D eigenvalue weighted by molar-refractivity contribution is 6.01. The topological polar surface area (TPSA) is 30.2 Å². The number of furan rings is 1. The fourth-order valence-corrected chi connectivity index (χ4v) is 2.71. The quantitative estimate of drug-likeness (QED) is 0.620. The summed E-state index contributed by atoms with van der Waals surface area (Å²) in [4.78, 5) is 12.7. The molecule has 3 aromatic rings. The van der Waals surface area contributed by atoms with E-state index in [2.05, 4.69) is 0 Å². The number of ketones is 1.